The molecule has 0 aromatic heterocycles. The van der Waals surface area contributed by atoms with Gasteiger partial charge in [-0.2, -0.15) is 0 Å². The fourth-order valence-electron chi connectivity index (χ4n) is 3.95. The van der Waals surface area contributed by atoms with Gasteiger partial charge in [-0.15, -0.1) is 5.92 Å². The summed E-state index contributed by atoms with van der Waals surface area (Å²) in [6, 6.07) is 40.6. The van der Waals surface area contributed by atoms with Crippen molar-refractivity contribution in [3.05, 3.63) is 121 Å². The van der Waals surface area contributed by atoms with Gasteiger partial charge < -0.3 is 0 Å². The Bertz CT molecular complexity index is 1150. The van der Waals surface area contributed by atoms with Gasteiger partial charge in [0.1, 0.15) is 0 Å². The summed E-state index contributed by atoms with van der Waals surface area (Å²) in [6.45, 7) is 4.05. The van der Waals surface area contributed by atoms with E-state index in [9.17, 15) is 0 Å². The first-order valence-electron chi connectivity index (χ1n) is 10.6. The molecule has 0 radical (unpaired) electrons. The van der Waals surface area contributed by atoms with Crippen molar-refractivity contribution >= 4 is 28.7 Å². The summed E-state index contributed by atoms with van der Waals surface area (Å²) < 4.78 is 5.65. The topological polar surface area (TPSA) is 12.4 Å². The lowest BCUT2D eigenvalue weighted by atomic mass is 10.0. The van der Waals surface area contributed by atoms with E-state index >= 15 is 0 Å². The molecule has 0 aliphatic heterocycles. The van der Waals surface area contributed by atoms with Crippen molar-refractivity contribution in [2.24, 2.45) is 4.74 Å². The first kappa shape index (κ1) is 20.9. The Morgan fingerprint density at radius 1 is 0.613 bits per heavy atom. The van der Waals surface area contributed by atoms with Gasteiger partial charge in [0.15, 0.2) is 0 Å². The zero-order valence-electron chi connectivity index (χ0n) is 17.9. The molecule has 0 aliphatic carbocycles. The Labute approximate surface area is 185 Å². The van der Waals surface area contributed by atoms with Crippen LogP contribution in [0.2, 0.25) is 0 Å². The van der Waals surface area contributed by atoms with Gasteiger partial charge in [0, 0.05) is 21.8 Å². The highest BCUT2D eigenvalue weighted by Crippen LogP contribution is 2.50. The smallest absolute Gasteiger partial charge is 0.0669 e. The second kappa shape index (κ2) is 9.65. The average Bonchev–Trinajstić information content (AvgIpc) is 2.84. The molecule has 4 rings (SSSR count). The highest BCUT2D eigenvalue weighted by Gasteiger charge is 2.27. The highest BCUT2D eigenvalue weighted by molar-refractivity contribution is 7.87. The fraction of sp³-hybridized carbons (Fsp3) is 0.103. The Hall–Kier alpha value is -3.33. The molecular formula is C29H26NP. The number of nitrogens with zero attached hydrogens (tertiary/aromatic N) is 1. The van der Waals surface area contributed by atoms with Crippen LogP contribution in [0.1, 0.15) is 25.3 Å². The van der Waals surface area contributed by atoms with Gasteiger partial charge >= 0.3 is 0 Å². The third-order valence-electron chi connectivity index (χ3n) is 5.41. The molecule has 1 unspecified atom stereocenters. The van der Waals surface area contributed by atoms with E-state index in [4.69, 9.17) is 4.74 Å². The van der Waals surface area contributed by atoms with Gasteiger partial charge in [0.05, 0.1) is 12.7 Å². The van der Waals surface area contributed by atoms with Gasteiger partial charge in [0.25, 0.3) is 0 Å². The van der Waals surface area contributed by atoms with Gasteiger partial charge in [-0.05, 0) is 25.5 Å². The first-order chi connectivity index (χ1) is 15.3. The van der Waals surface area contributed by atoms with Crippen LogP contribution in [0.15, 0.2) is 120 Å². The van der Waals surface area contributed by atoms with Crippen molar-refractivity contribution in [3.8, 4) is 11.8 Å². The SMILES string of the molecule is CC#CC(C)c1ccccc1N=P(c1ccccc1)(c1ccccc1)c1ccccc1. The molecule has 4 aromatic rings. The molecule has 0 saturated heterocycles. The van der Waals surface area contributed by atoms with Crippen LogP contribution in [0.3, 0.4) is 0 Å². The molecule has 0 N–H and O–H groups in total. The van der Waals surface area contributed by atoms with Crippen LogP contribution in [0.25, 0.3) is 0 Å². The summed E-state index contributed by atoms with van der Waals surface area (Å²) in [5.74, 6) is 6.50. The summed E-state index contributed by atoms with van der Waals surface area (Å²) in [6.07, 6.45) is 0. The molecule has 0 heterocycles. The lowest BCUT2D eigenvalue weighted by Crippen LogP contribution is -2.25. The lowest BCUT2D eigenvalue weighted by Gasteiger charge is -2.27. The summed E-state index contributed by atoms with van der Waals surface area (Å²) in [7, 11) is -2.28. The molecule has 0 fully saturated rings. The Balaban J connectivity index is 2.13. The molecule has 31 heavy (non-hydrogen) atoms. The van der Waals surface area contributed by atoms with Crippen molar-refractivity contribution < 1.29 is 0 Å². The quantitative estimate of drug-likeness (QED) is 0.255. The Morgan fingerprint density at radius 2 is 1.03 bits per heavy atom. The second-order valence-corrected chi connectivity index (χ2v) is 10.4. The number of benzene rings is 4. The van der Waals surface area contributed by atoms with Crippen LogP contribution in [0.4, 0.5) is 5.69 Å². The van der Waals surface area contributed by atoms with E-state index in [1.807, 2.05) is 6.92 Å². The van der Waals surface area contributed by atoms with Crippen molar-refractivity contribution in [3.63, 3.8) is 0 Å². The lowest BCUT2D eigenvalue weighted by molar-refractivity contribution is 1.00. The normalized spacial score (nSPS) is 11.8. The van der Waals surface area contributed by atoms with E-state index in [1.165, 1.54) is 21.5 Å². The van der Waals surface area contributed by atoms with Gasteiger partial charge in [-0.1, -0.05) is 115 Å². The van der Waals surface area contributed by atoms with Crippen molar-refractivity contribution in [2.45, 2.75) is 19.8 Å². The van der Waals surface area contributed by atoms with Crippen LogP contribution in [0, 0.1) is 11.8 Å². The predicted octanol–water partition coefficient (Wildman–Crippen LogP) is 6.62. The van der Waals surface area contributed by atoms with Crippen LogP contribution in [-0.2, 0) is 0 Å². The minimum Gasteiger partial charge on any atom is -0.254 e. The molecule has 1 nitrogen and oxygen atoms in total. The number of rotatable bonds is 5. The molecule has 0 bridgehead atoms. The van der Waals surface area contributed by atoms with E-state index in [-0.39, 0.29) is 5.92 Å². The molecule has 4 aromatic carbocycles. The summed E-state index contributed by atoms with van der Waals surface area (Å²) in [5, 5.41) is 3.74. The third kappa shape index (κ3) is 4.27. The number of hydrogen-bond acceptors (Lipinski definition) is 1. The van der Waals surface area contributed by atoms with E-state index in [0.717, 1.165) is 5.69 Å². The predicted molar refractivity (Wildman–Crippen MR) is 136 cm³/mol. The molecule has 0 aliphatic rings. The Kier molecular flexibility index (Phi) is 6.51. The standard InChI is InChI=1S/C29H26NP/c1-3-15-24(2)28-22-13-14-23-29(28)30-31(25-16-7-4-8-17-25,26-18-9-5-10-19-26)27-20-11-6-12-21-27/h4-14,16-24H,1-2H3. The summed E-state index contributed by atoms with van der Waals surface area (Å²) >= 11 is 0. The Morgan fingerprint density at radius 3 is 1.48 bits per heavy atom. The molecule has 0 spiro atoms. The zero-order valence-corrected chi connectivity index (χ0v) is 18.8. The van der Waals surface area contributed by atoms with Crippen LogP contribution in [0.5, 0.6) is 0 Å². The molecule has 0 saturated carbocycles. The van der Waals surface area contributed by atoms with Crippen LogP contribution < -0.4 is 15.9 Å². The average molecular weight is 420 g/mol. The maximum atomic E-state index is 5.65. The van der Waals surface area contributed by atoms with Gasteiger partial charge in [-0.25, -0.2) is 0 Å². The van der Waals surface area contributed by atoms with Crippen molar-refractivity contribution in [1.82, 2.24) is 0 Å². The molecule has 2 heteroatoms. The molecular weight excluding hydrogens is 393 g/mol. The largest absolute Gasteiger partial charge is 0.254 e. The van der Waals surface area contributed by atoms with Crippen molar-refractivity contribution in [2.75, 3.05) is 0 Å². The van der Waals surface area contributed by atoms with E-state index in [1.54, 1.807) is 0 Å². The molecule has 1 atom stereocenters. The van der Waals surface area contributed by atoms with Crippen LogP contribution >= 0.6 is 7.05 Å². The van der Waals surface area contributed by atoms with E-state index in [2.05, 4.69) is 134 Å². The maximum Gasteiger partial charge on any atom is 0.0669 e. The first-order valence-corrected chi connectivity index (χ1v) is 12.3. The van der Waals surface area contributed by atoms with Crippen LogP contribution in [-0.4, -0.2) is 0 Å². The van der Waals surface area contributed by atoms with Gasteiger partial charge in [0.2, 0.25) is 0 Å². The monoisotopic (exact) mass is 419 g/mol. The summed E-state index contributed by atoms with van der Waals surface area (Å²) in [5.41, 5.74) is 2.19. The molecule has 152 valence electrons. The zero-order chi connectivity index (χ0) is 21.5. The van der Waals surface area contributed by atoms with Crippen molar-refractivity contribution in [1.29, 1.82) is 0 Å². The van der Waals surface area contributed by atoms with E-state index in [0.29, 0.717) is 0 Å². The summed E-state index contributed by atoms with van der Waals surface area (Å²) in [4.78, 5) is 0. The van der Waals surface area contributed by atoms with Gasteiger partial charge in [-0.3, -0.25) is 4.74 Å². The van der Waals surface area contributed by atoms with E-state index < -0.39 is 7.05 Å². The minimum absolute atomic E-state index is 0.120. The highest BCUT2D eigenvalue weighted by atomic mass is 31.2. The molecule has 0 amide bonds. The fourth-order valence-corrected chi connectivity index (χ4v) is 7.51. The minimum atomic E-state index is -2.28. The second-order valence-electron chi connectivity index (χ2n) is 7.42. The third-order valence-corrected chi connectivity index (χ3v) is 9.06. The number of hydrogen-bond donors (Lipinski definition) is 0. The maximum absolute atomic E-state index is 5.65.